The molecule has 1 aromatic carbocycles. The van der Waals surface area contributed by atoms with Crippen molar-refractivity contribution in [3.8, 4) is 0 Å². The zero-order valence-corrected chi connectivity index (χ0v) is 10.5. The maximum absolute atomic E-state index is 12.4. The largest absolute Gasteiger partial charge is 0.315 e. The third kappa shape index (κ3) is 1.93. The third-order valence-corrected chi connectivity index (χ3v) is 3.60. The molecule has 1 saturated heterocycles. The second-order valence-corrected chi connectivity index (χ2v) is 4.98. The predicted molar refractivity (Wildman–Crippen MR) is 71.9 cm³/mol. The van der Waals surface area contributed by atoms with Gasteiger partial charge in [0.05, 0.1) is 23.3 Å². The molecule has 94 valence electrons. The first-order valence-electron chi connectivity index (χ1n) is 6.44. The zero-order valence-electron chi connectivity index (χ0n) is 10.5. The van der Waals surface area contributed by atoms with Crippen molar-refractivity contribution in [1.29, 1.82) is 0 Å². The minimum Gasteiger partial charge on any atom is -0.315 e. The summed E-state index contributed by atoms with van der Waals surface area (Å²) in [6.07, 6.45) is 3.86. The molecule has 0 unspecified atom stereocenters. The quantitative estimate of drug-likeness (QED) is 0.828. The van der Waals surface area contributed by atoms with Crippen molar-refractivity contribution >= 4 is 10.9 Å². The fourth-order valence-electron chi connectivity index (χ4n) is 2.58. The molecule has 1 fully saturated rings. The van der Waals surface area contributed by atoms with E-state index in [1.807, 2.05) is 25.1 Å². The first-order chi connectivity index (χ1) is 8.75. The molecular weight excluding hydrogens is 226 g/mol. The average molecular weight is 243 g/mol. The Labute approximate surface area is 106 Å². The molecule has 0 radical (unpaired) electrons. The molecule has 0 aliphatic carbocycles. The molecule has 1 N–H and O–H groups in total. The van der Waals surface area contributed by atoms with Gasteiger partial charge in [0.15, 0.2) is 0 Å². The monoisotopic (exact) mass is 243 g/mol. The highest BCUT2D eigenvalue weighted by molar-refractivity contribution is 5.77. The number of hydrogen-bond acceptors (Lipinski definition) is 3. The van der Waals surface area contributed by atoms with Crippen LogP contribution in [0.25, 0.3) is 10.9 Å². The summed E-state index contributed by atoms with van der Waals surface area (Å²) in [5.74, 6) is 0. The molecule has 2 heterocycles. The summed E-state index contributed by atoms with van der Waals surface area (Å²) in [4.78, 5) is 16.8. The normalized spacial score (nSPS) is 20.2. The van der Waals surface area contributed by atoms with E-state index in [0.29, 0.717) is 5.39 Å². The molecule has 4 nitrogen and oxygen atoms in total. The average Bonchev–Trinajstić information content (AvgIpc) is 2.40. The minimum atomic E-state index is 0.0775. The number of fused-ring (bicyclic) bond motifs is 1. The Hall–Kier alpha value is -1.68. The van der Waals surface area contributed by atoms with Gasteiger partial charge in [-0.3, -0.25) is 9.36 Å². The summed E-state index contributed by atoms with van der Waals surface area (Å²) < 4.78 is 1.78. The highest BCUT2D eigenvalue weighted by Gasteiger charge is 2.17. The number of benzene rings is 1. The first-order valence-corrected chi connectivity index (χ1v) is 6.44. The van der Waals surface area contributed by atoms with E-state index in [-0.39, 0.29) is 11.6 Å². The number of nitrogens with one attached hydrogen (secondary N) is 1. The van der Waals surface area contributed by atoms with Crippen LogP contribution in [-0.2, 0) is 0 Å². The second kappa shape index (κ2) is 4.53. The summed E-state index contributed by atoms with van der Waals surface area (Å²) in [6.45, 7) is 3.92. The van der Waals surface area contributed by atoms with Crippen LogP contribution in [-0.4, -0.2) is 22.6 Å². The summed E-state index contributed by atoms with van der Waals surface area (Å²) in [7, 11) is 0. The van der Waals surface area contributed by atoms with Crippen molar-refractivity contribution in [2.75, 3.05) is 13.1 Å². The third-order valence-electron chi connectivity index (χ3n) is 3.60. The van der Waals surface area contributed by atoms with E-state index in [4.69, 9.17) is 0 Å². The van der Waals surface area contributed by atoms with Crippen LogP contribution in [0.15, 0.2) is 29.3 Å². The Balaban J connectivity index is 2.11. The number of piperidine rings is 1. The molecule has 1 atom stereocenters. The van der Waals surface area contributed by atoms with Crippen LogP contribution in [0, 0.1) is 6.92 Å². The SMILES string of the molecule is Cc1ccc2c(=O)n([C@@H]3CCCNC3)cnc2c1. The predicted octanol–water partition coefficient (Wildman–Crippen LogP) is 1.63. The van der Waals surface area contributed by atoms with E-state index in [1.165, 1.54) is 0 Å². The Kier molecular flexibility index (Phi) is 2.88. The molecule has 0 amide bonds. The van der Waals surface area contributed by atoms with Crippen molar-refractivity contribution in [3.63, 3.8) is 0 Å². The van der Waals surface area contributed by atoms with Gasteiger partial charge in [-0.2, -0.15) is 0 Å². The van der Waals surface area contributed by atoms with E-state index in [0.717, 1.165) is 37.0 Å². The second-order valence-electron chi connectivity index (χ2n) is 4.98. The van der Waals surface area contributed by atoms with Gasteiger partial charge in [0.2, 0.25) is 0 Å². The smallest absolute Gasteiger partial charge is 0.261 e. The van der Waals surface area contributed by atoms with Crippen LogP contribution >= 0.6 is 0 Å². The number of nitrogens with zero attached hydrogens (tertiary/aromatic N) is 2. The van der Waals surface area contributed by atoms with Gasteiger partial charge < -0.3 is 5.32 Å². The lowest BCUT2D eigenvalue weighted by molar-refractivity contribution is 0.363. The molecule has 1 aromatic heterocycles. The number of aryl methyl sites for hydroxylation is 1. The lowest BCUT2D eigenvalue weighted by Crippen LogP contribution is -2.36. The molecule has 1 aliphatic rings. The van der Waals surface area contributed by atoms with Crippen LogP contribution < -0.4 is 10.9 Å². The van der Waals surface area contributed by atoms with Crippen molar-refractivity contribution in [2.45, 2.75) is 25.8 Å². The van der Waals surface area contributed by atoms with Crippen LogP contribution in [0.4, 0.5) is 0 Å². The Bertz CT molecular complexity index is 626. The highest BCUT2D eigenvalue weighted by atomic mass is 16.1. The lowest BCUT2D eigenvalue weighted by Gasteiger charge is -2.24. The Morgan fingerprint density at radius 1 is 1.44 bits per heavy atom. The van der Waals surface area contributed by atoms with Crippen molar-refractivity contribution in [1.82, 2.24) is 14.9 Å². The highest BCUT2D eigenvalue weighted by Crippen LogP contribution is 2.16. The van der Waals surface area contributed by atoms with E-state index >= 15 is 0 Å². The van der Waals surface area contributed by atoms with Gasteiger partial charge in [0.1, 0.15) is 0 Å². The molecule has 0 bridgehead atoms. The van der Waals surface area contributed by atoms with Crippen LogP contribution in [0.2, 0.25) is 0 Å². The fraction of sp³-hybridized carbons (Fsp3) is 0.429. The molecule has 3 rings (SSSR count). The van der Waals surface area contributed by atoms with Crippen molar-refractivity contribution in [2.24, 2.45) is 0 Å². The van der Waals surface area contributed by atoms with E-state index < -0.39 is 0 Å². The molecular formula is C14H17N3O. The number of aromatic nitrogens is 2. The van der Waals surface area contributed by atoms with Gasteiger partial charge in [-0.25, -0.2) is 4.98 Å². The van der Waals surface area contributed by atoms with Crippen molar-refractivity contribution < 1.29 is 0 Å². The summed E-state index contributed by atoms with van der Waals surface area (Å²) >= 11 is 0. The van der Waals surface area contributed by atoms with Gasteiger partial charge in [0, 0.05) is 6.54 Å². The van der Waals surface area contributed by atoms with Gasteiger partial charge in [-0.1, -0.05) is 6.07 Å². The minimum absolute atomic E-state index is 0.0775. The van der Waals surface area contributed by atoms with Crippen LogP contribution in [0.1, 0.15) is 24.4 Å². The van der Waals surface area contributed by atoms with Crippen LogP contribution in [0.5, 0.6) is 0 Å². The van der Waals surface area contributed by atoms with Gasteiger partial charge in [0.25, 0.3) is 5.56 Å². The maximum Gasteiger partial charge on any atom is 0.261 e. The Morgan fingerprint density at radius 3 is 3.11 bits per heavy atom. The van der Waals surface area contributed by atoms with Gasteiger partial charge in [-0.05, 0) is 44.0 Å². The van der Waals surface area contributed by atoms with Gasteiger partial charge >= 0.3 is 0 Å². The molecule has 0 saturated carbocycles. The topological polar surface area (TPSA) is 46.9 Å². The maximum atomic E-state index is 12.4. The van der Waals surface area contributed by atoms with Gasteiger partial charge in [-0.15, -0.1) is 0 Å². The van der Waals surface area contributed by atoms with Crippen LogP contribution in [0.3, 0.4) is 0 Å². The summed E-state index contributed by atoms with van der Waals surface area (Å²) in [5.41, 5.74) is 2.00. The molecule has 4 heteroatoms. The molecule has 0 spiro atoms. The molecule has 18 heavy (non-hydrogen) atoms. The van der Waals surface area contributed by atoms with Crippen molar-refractivity contribution in [3.05, 3.63) is 40.4 Å². The standard InChI is InChI=1S/C14H17N3O/c1-10-4-5-12-13(7-10)16-9-17(14(12)18)11-3-2-6-15-8-11/h4-5,7,9,11,15H,2-3,6,8H2,1H3/t11-/m1/s1. The zero-order chi connectivity index (χ0) is 12.5. The lowest BCUT2D eigenvalue weighted by atomic mass is 10.1. The molecule has 2 aromatic rings. The van der Waals surface area contributed by atoms with E-state index in [2.05, 4.69) is 10.3 Å². The first kappa shape index (κ1) is 11.4. The number of hydrogen-bond donors (Lipinski definition) is 1. The van der Waals surface area contributed by atoms with E-state index in [9.17, 15) is 4.79 Å². The fourth-order valence-corrected chi connectivity index (χ4v) is 2.58. The number of rotatable bonds is 1. The van der Waals surface area contributed by atoms with E-state index in [1.54, 1.807) is 10.9 Å². The summed E-state index contributed by atoms with van der Waals surface area (Å²) in [6, 6.07) is 6.05. The Morgan fingerprint density at radius 2 is 2.33 bits per heavy atom. The summed E-state index contributed by atoms with van der Waals surface area (Å²) in [5, 5.41) is 4.05. The molecule has 1 aliphatic heterocycles.